The summed E-state index contributed by atoms with van der Waals surface area (Å²) in [6, 6.07) is 4.25. The first-order valence-corrected chi connectivity index (χ1v) is 9.72. The lowest BCUT2D eigenvalue weighted by Crippen LogP contribution is -2.36. The molecule has 1 aliphatic heterocycles. The van der Waals surface area contributed by atoms with Gasteiger partial charge in [0.05, 0.1) is 17.6 Å². The van der Waals surface area contributed by atoms with Crippen molar-refractivity contribution >= 4 is 27.8 Å². The normalized spacial score (nSPS) is 18.3. The van der Waals surface area contributed by atoms with E-state index < -0.39 is 42.6 Å². The number of nitrogens with two attached hydrogens (primary N) is 1. The molecular formula is C19H19BrF3N5O2. The van der Waals surface area contributed by atoms with E-state index >= 15 is 0 Å². The molecule has 1 amide bonds. The van der Waals surface area contributed by atoms with Crippen LogP contribution in [0, 0.1) is 17.1 Å². The Bertz CT molecular complexity index is 1040. The molecule has 1 unspecified atom stereocenters. The monoisotopic (exact) mass is 485 g/mol. The highest BCUT2D eigenvalue weighted by Crippen LogP contribution is 2.40. The minimum absolute atomic E-state index is 0.0204. The molecule has 1 aromatic heterocycles. The second-order valence-electron chi connectivity index (χ2n) is 7.93. The van der Waals surface area contributed by atoms with Crippen molar-refractivity contribution in [2.24, 2.45) is 0 Å². The average molecular weight is 486 g/mol. The lowest BCUT2D eigenvalue weighted by Gasteiger charge is -2.24. The third kappa shape index (κ3) is 4.09. The molecule has 1 fully saturated rings. The van der Waals surface area contributed by atoms with Crippen molar-refractivity contribution < 1.29 is 22.7 Å². The Balaban J connectivity index is 1.99. The highest BCUT2D eigenvalue weighted by Gasteiger charge is 2.53. The molecular weight excluding hydrogens is 467 g/mol. The molecule has 2 N–H and O–H groups in total. The molecule has 2 aromatic rings. The summed E-state index contributed by atoms with van der Waals surface area (Å²) in [6.07, 6.45) is -0.883. The maximum absolute atomic E-state index is 14.8. The molecule has 0 radical (unpaired) electrons. The van der Waals surface area contributed by atoms with Crippen LogP contribution in [0.5, 0.6) is 0 Å². The van der Waals surface area contributed by atoms with Gasteiger partial charge in [-0.2, -0.15) is 10.4 Å². The van der Waals surface area contributed by atoms with Crippen LogP contribution in [0.4, 0.5) is 23.8 Å². The zero-order valence-corrected chi connectivity index (χ0v) is 18.0. The van der Waals surface area contributed by atoms with Gasteiger partial charge in [-0.05, 0) is 48.8 Å². The van der Waals surface area contributed by atoms with Gasteiger partial charge in [-0.1, -0.05) is 6.07 Å². The first kappa shape index (κ1) is 22.0. The number of aromatic nitrogens is 2. The van der Waals surface area contributed by atoms with E-state index in [2.05, 4.69) is 21.0 Å². The van der Waals surface area contributed by atoms with Gasteiger partial charge in [-0.25, -0.2) is 22.6 Å². The van der Waals surface area contributed by atoms with Crippen molar-refractivity contribution in [1.29, 1.82) is 5.26 Å². The summed E-state index contributed by atoms with van der Waals surface area (Å²) in [6.45, 7) is 3.60. The highest BCUT2D eigenvalue weighted by molar-refractivity contribution is 9.10. The molecule has 0 spiro atoms. The van der Waals surface area contributed by atoms with E-state index in [0.29, 0.717) is 0 Å². The Labute approximate surface area is 179 Å². The number of rotatable bonds is 2. The van der Waals surface area contributed by atoms with Gasteiger partial charge >= 0.3 is 6.09 Å². The van der Waals surface area contributed by atoms with Gasteiger partial charge in [0, 0.05) is 5.56 Å². The first-order chi connectivity index (χ1) is 13.8. The lowest BCUT2D eigenvalue weighted by atomic mass is 10.1. The van der Waals surface area contributed by atoms with Gasteiger partial charge in [0.2, 0.25) is 0 Å². The third-order valence-electron chi connectivity index (χ3n) is 4.48. The minimum atomic E-state index is -3.37. The molecule has 0 saturated carbocycles. The van der Waals surface area contributed by atoms with Gasteiger partial charge < -0.3 is 10.5 Å². The van der Waals surface area contributed by atoms with Gasteiger partial charge in [0.15, 0.2) is 0 Å². The van der Waals surface area contributed by atoms with E-state index in [1.165, 1.54) is 12.1 Å². The summed E-state index contributed by atoms with van der Waals surface area (Å²) < 4.78 is 49.7. The van der Waals surface area contributed by atoms with Crippen LogP contribution in [-0.2, 0) is 4.74 Å². The Hall–Kier alpha value is -2.74. The molecule has 1 atom stereocenters. The van der Waals surface area contributed by atoms with E-state index in [9.17, 15) is 23.2 Å². The Morgan fingerprint density at radius 2 is 2.10 bits per heavy atom. The molecule has 0 bridgehead atoms. The molecule has 2 heterocycles. The minimum Gasteiger partial charge on any atom is -0.444 e. The number of benzene rings is 1. The Kier molecular flexibility index (Phi) is 5.49. The number of nitrogens with zero attached hydrogens (tertiary/aromatic N) is 4. The Morgan fingerprint density at radius 1 is 1.43 bits per heavy atom. The van der Waals surface area contributed by atoms with Crippen LogP contribution < -0.4 is 5.73 Å². The number of halogens is 4. The molecule has 11 heteroatoms. The molecule has 160 valence electrons. The van der Waals surface area contributed by atoms with Gasteiger partial charge in [-0.3, -0.25) is 4.90 Å². The van der Waals surface area contributed by atoms with Crippen LogP contribution in [0.2, 0.25) is 0 Å². The fraction of sp³-hybridized carbons (Fsp3) is 0.421. The van der Waals surface area contributed by atoms with Gasteiger partial charge in [-0.15, -0.1) is 0 Å². The number of hydrogen-bond acceptors (Lipinski definition) is 5. The number of amides is 1. The van der Waals surface area contributed by atoms with Crippen LogP contribution in [-0.4, -0.2) is 45.4 Å². The number of anilines is 1. The van der Waals surface area contributed by atoms with Crippen molar-refractivity contribution in [3.05, 3.63) is 34.1 Å². The molecule has 30 heavy (non-hydrogen) atoms. The molecule has 1 aromatic carbocycles. The zero-order chi connectivity index (χ0) is 22.4. The first-order valence-electron chi connectivity index (χ1n) is 8.93. The Morgan fingerprint density at radius 3 is 2.67 bits per heavy atom. The number of likely N-dealkylation sites (tertiary alicyclic amines) is 1. The van der Waals surface area contributed by atoms with Crippen molar-refractivity contribution in [2.45, 2.75) is 38.3 Å². The van der Waals surface area contributed by atoms with E-state index in [-0.39, 0.29) is 27.1 Å². The van der Waals surface area contributed by atoms with Crippen molar-refractivity contribution in [3.63, 3.8) is 0 Å². The number of carbonyl (C=O) groups is 1. The van der Waals surface area contributed by atoms with Crippen LogP contribution in [0.3, 0.4) is 0 Å². The maximum Gasteiger partial charge on any atom is 0.410 e. The van der Waals surface area contributed by atoms with Crippen molar-refractivity contribution in [3.8, 4) is 17.3 Å². The lowest BCUT2D eigenvalue weighted by molar-refractivity contribution is -0.0275. The topological polar surface area (TPSA) is 97.2 Å². The van der Waals surface area contributed by atoms with Crippen LogP contribution in [0.25, 0.3) is 11.3 Å². The molecule has 1 saturated heterocycles. The average Bonchev–Trinajstić information content (AvgIpc) is 3.11. The third-order valence-corrected chi connectivity index (χ3v) is 5.12. The van der Waals surface area contributed by atoms with E-state index in [1.807, 2.05) is 6.07 Å². The summed E-state index contributed by atoms with van der Waals surface area (Å²) in [5.74, 6) is -4.26. The fourth-order valence-corrected chi connectivity index (χ4v) is 3.38. The van der Waals surface area contributed by atoms with Gasteiger partial charge in [0.1, 0.15) is 40.6 Å². The summed E-state index contributed by atoms with van der Waals surface area (Å²) in [7, 11) is 0. The summed E-state index contributed by atoms with van der Waals surface area (Å²) in [5, 5.41) is 13.6. The van der Waals surface area contributed by atoms with Crippen LogP contribution in [0.1, 0.15) is 32.4 Å². The number of nitrogen functional groups attached to an aromatic ring is 1. The van der Waals surface area contributed by atoms with E-state index in [1.54, 1.807) is 20.8 Å². The summed E-state index contributed by atoms with van der Waals surface area (Å²) in [5.41, 5.74) is 5.15. The number of hydrogen-bond donors (Lipinski definition) is 1. The molecule has 3 rings (SSSR count). The van der Waals surface area contributed by atoms with Crippen LogP contribution in [0.15, 0.2) is 22.7 Å². The largest absolute Gasteiger partial charge is 0.444 e. The number of nitriles is 1. The maximum atomic E-state index is 14.8. The van der Waals surface area contributed by atoms with Gasteiger partial charge in [0.25, 0.3) is 5.92 Å². The van der Waals surface area contributed by atoms with E-state index in [4.69, 9.17) is 10.5 Å². The zero-order valence-electron chi connectivity index (χ0n) is 16.4. The number of ether oxygens (including phenoxy) is 1. The predicted octanol–water partition coefficient (Wildman–Crippen LogP) is 4.33. The quantitative estimate of drug-likeness (QED) is 0.682. The second kappa shape index (κ2) is 7.50. The highest BCUT2D eigenvalue weighted by atomic mass is 79.9. The number of alkyl halides is 2. The fourth-order valence-electron chi connectivity index (χ4n) is 3.13. The predicted molar refractivity (Wildman–Crippen MR) is 106 cm³/mol. The standard InChI is InChI=1S/C19H19BrF3N5O2/c1-18(2,3)30-17(29)27-8-14(19(22,23)9-27)28-16(25)11(7-24)15(26-28)10-4-5-12(20)13(21)6-10/h4-6,14H,8-9,25H2,1-3H3. The van der Waals surface area contributed by atoms with Crippen molar-refractivity contribution in [2.75, 3.05) is 18.8 Å². The summed E-state index contributed by atoms with van der Waals surface area (Å²) in [4.78, 5) is 13.1. The second-order valence-corrected chi connectivity index (χ2v) is 8.79. The summed E-state index contributed by atoms with van der Waals surface area (Å²) >= 11 is 3.03. The van der Waals surface area contributed by atoms with Crippen molar-refractivity contribution in [1.82, 2.24) is 14.7 Å². The smallest absolute Gasteiger partial charge is 0.410 e. The molecule has 7 nitrogen and oxygen atoms in total. The number of carbonyl (C=O) groups excluding carboxylic acids is 1. The van der Waals surface area contributed by atoms with E-state index in [0.717, 1.165) is 15.6 Å². The SMILES string of the molecule is CC(C)(C)OC(=O)N1CC(n2nc(-c3ccc(Br)c(F)c3)c(C#N)c2N)C(F)(F)C1. The molecule has 0 aliphatic carbocycles. The molecule has 1 aliphatic rings. The van der Waals surface area contributed by atoms with Crippen LogP contribution >= 0.6 is 15.9 Å².